The zero-order valence-corrected chi connectivity index (χ0v) is 14.5. The first-order chi connectivity index (χ1) is 13.6. The normalized spacial score (nSPS) is 10.6. The molecule has 0 bridgehead atoms. The van der Waals surface area contributed by atoms with Crippen LogP contribution in [0.2, 0.25) is 0 Å². The molecule has 8 nitrogen and oxygen atoms in total. The molecule has 3 aromatic carbocycles. The number of anilines is 1. The van der Waals surface area contributed by atoms with Crippen molar-refractivity contribution >= 4 is 28.2 Å². The second-order valence-corrected chi connectivity index (χ2v) is 5.98. The first kappa shape index (κ1) is 17.2. The number of hydrogen-bond acceptors (Lipinski definition) is 5. The molecule has 8 heteroatoms. The maximum absolute atomic E-state index is 12.7. The van der Waals surface area contributed by atoms with Crippen LogP contribution in [0.3, 0.4) is 0 Å². The van der Waals surface area contributed by atoms with Crippen LogP contribution >= 0.6 is 0 Å². The van der Waals surface area contributed by atoms with Crippen LogP contribution in [-0.2, 0) is 0 Å². The van der Waals surface area contributed by atoms with Crippen molar-refractivity contribution in [3.63, 3.8) is 0 Å². The zero-order chi connectivity index (χ0) is 19.5. The molecule has 0 aliphatic carbocycles. The number of nitrogens with one attached hydrogen (secondary N) is 2. The standard InChI is InChI=1S/C20H14N4O4/c25-20(18-11-15(24(26)27)10-13-12-21-23-19(13)18)22-14-6-8-17(9-7-14)28-16-4-2-1-3-5-16/h1-12H,(H,21,23)(H,22,25). The van der Waals surface area contributed by atoms with Crippen LogP contribution in [0.1, 0.15) is 10.4 Å². The molecule has 28 heavy (non-hydrogen) atoms. The third kappa shape index (κ3) is 3.51. The van der Waals surface area contributed by atoms with Gasteiger partial charge in [0.25, 0.3) is 11.6 Å². The summed E-state index contributed by atoms with van der Waals surface area (Å²) >= 11 is 0. The highest BCUT2D eigenvalue weighted by Crippen LogP contribution is 2.26. The van der Waals surface area contributed by atoms with E-state index in [1.807, 2.05) is 30.3 Å². The lowest BCUT2D eigenvalue weighted by Gasteiger charge is -2.08. The van der Waals surface area contributed by atoms with E-state index in [2.05, 4.69) is 15.5 Å². The number of carbonyl (C=O) groups excluding carboxylic acids is 1. The van der Waals surface area contributed by atoms with Gasteiger partial charge in [-0.15, -0.1) is 0 Å². The number of rotatable bonds is 5. The van der Waals surface area contributed by atoms with Gasteiger partial charge in [-0.05, 0) is 36.4 Å². The van der Waals surface area contributed by atoms with Crippen molar-refractivity contribution < 1.29 is 14.5 Å². The van der Waals surface area contributed by atoms with E-state index in [-0.39, 0.29) is 11.3 Å². The number of carbonyl (C=O) groups is 1. The summed E-state index contributed by atoms with van der Waals surface area (Å²) in [5, 5.41) is 20.9. The molecular weight excluding hydrogens is 360 g/mol. The molecule has 0 aliphatic heterocycles. The maximum Gasteiger partial charge on any atom is 0.271 e. The molecule has 0 aliphatic rings. The van der Waals surface area contributed by atoms with Gasteiger partial charge >= 0.3 is 0 Å². The summed E-state index contributed by atoms with van der Waals surface area (Å²) in [6.45, 7) is 0. The predicted octanol–water partition coefficient (Wildman–Crippen LogP) is 4.52. The van der Waals surface area contributed by atoms with Crippen LogP contribution in [0.5, 0.6) is 11.5 Å². The minimum Gasteiger partial charge on any atom is -0.457 e. The van der Waals surface area contributed by atoms with Gasteiger partial charge in [0.15, 0.2) is 0 Å². The number of H-pyrrole nitrogens is 1. The number of nitro benzene ring substituents is 1. The molecular formula is C20H14N4O4. The molecule has 138 valence electrons. The number of aromatic amines is 1. The van der Waals surface area contributed by atoms with Crippen molar-refractivity contribution in [2.75, 3.05) is 5.32 Å². The third-order valence-electron chi connectivity index (χ3n) is 4.08. The van der Waals surface area contributed by atoms with Gasteiger partial charge in [0.2, 0.25) is 0 Å². The highest BCUT2D eigenvalue weighted by atomic mass is 16.6. The minimum absolute atomic E-state index is 0.145. The molecule has 1 heterocycles. The number of nitrogens with zero attached hydrogens (tertiary/aromatic N) is 2. The van der Waals surface area contributed by atoms with Crippen molar-refractivity contribution in [1.29, 1.82) is 0 Å². The summed E-state index contributed by atoms with van der Waals surface area (Å²) in [6, 6.07) is 18.8. The van der Waals surface area contributed by atoms with Crippen LogP contribution in [0.25, 0.3) is 10.9 Å². The molecule has 1 amide bonds. The van der Waals surface area contributed by atoms with Gasteiger partial charge in [0.1, 0.15) is 11.5 Å². The van der Waals surface area contributed by atoms with Gasteiger partial charge in [-0.3, -0.25) is 20.0 Å². The van der Waals surface area contributed by atoms with Gasteiger partial charge in [-0.2, -0.15) is 5.10 Å². The molecule has 1 aromatic heterocycles. The van der Waals surface area contributed by atoms with Crippen LogP contribution < -0.4 is 10.1 Å². The number of fused-ring (bicyclic) bond motifs is 1. The highest BCUT2D eigenvalue weighted by molar-refractivity contribution is 6.12. The number of aromatic nitrogens is 2. The minimum atomic E-state index is -0.543. The van der Waals surface area contributed by atoms with Gasteiger partial charge in [-0.1, -0.05) is 18.2 Å². The lowest BCUT2D eigenvalue weighted by atomic mass is 10.1. The Kier molecular flexibility index (Phi) is 4.43. The number of amides is 1. The van der Waals surface area contributed by atoms with Crippen molar-refractivity contribution in [1.82, 2.24) is 10.2 Å². The summed E-state index contributed by atoms with van der Waals surface area (Å²) in [7, 11) is 0. The van der Waals surface area contributed by atoms with E-state index in [0.717, 1.165) is 0 Å². The first-order valence-electron chi connectivity index (χ1n) is 8.36. The fraction of sp³-hybridized carbons (Fsp3) is 0. The molecule has 0 spiro atoms. The van der Waals surface area contributed by atoms with Gasteiger partial charge < -0.3 is 10.1 Å². The summed E-state index contributed by atoms with van der Waals surface area (Å²) in [5.41, 5.74) is 0.939. The second kappa shape index (κ2) is 7.20. The lowest BCUT2D eigenvalue weighted by molar-refractivity contribution is -0.384. The Balaban J connectivity index is 1.55. The third-order valence-corrected chi connectivity index (χ3v) is 4.08. The number of benzene rings is 3. The van der Waals surface area contributed by atoms with Crippen LogP contribution in [0.4, 0.5) is 11.4 Å². The van der Waals surface area contributed by atoms with Crippen molar-refractivity contribution in [3.05, 3.63) is 88.6 Å². The highest BCUT2D eigenvalue weighted by Gasteiger charge is 2.18. The molecule has 0 saturated carbocycles. The van der Waals surface area contributed by atoms with Gasteiger partial charge in [0.05, 0.1) is 22.2 Å². The smallest absolute Gasteiger partial charge is 0.271 e. The average molecular weight is 374 g/mol. The maximum atomic E-state index is 12.7. The summed E-state index contributed by atoms with van der Waals surface area (Å²) in [5.74, 6) is 0.850. The molecule has 2 N–H and O–H groups in total. The average Bonchev–Trinajstić information content (AvgIpc) is 3.18. The number of nitro groups is 1. The van der Waals surface area contributed by atoms with E-state index >= 15 is 0 Å². The molecule has 0 fully saturated rings. The summed E-state index contributed by atoms with van der Waals surface area (Å²) < 4.78 is 5.71. The Labute approximate surface area is 158 Å². The fourth-order valence-corrected chi connectivity index (χ4v) is 2.76. The topological polar surface area (TPSA) is 110 Å². The van der Waals surface area contributed by atoms with Gasteiger partial charge in [-0.25, -0.2) is 0 Å². The quantitative estimate of drug-likeness (QED) is 0.394. The Hall–Kier alpha value is -4.20. The van der Waals surface area contributed by atoms with Crippen LogP contribution in [0, 0.1) is 10.1 Å². The Morgan fingerprint density at radius 1 is 1.04 bits per heavy atom. The van der Waals surface area contributed by atoms with Crippen molar-refractivity contribution in [2.24, 2.45) is 0 Å². The Morgan fingerprint density at radius 3 is 2.46 bits per heavy atom. The SMILES string of the molecule is O=C(Nc1ccc(Oc2ccccc2)cc1)c1cc([N+](=O)[O-])cc2cn[nH]c12. The molecule has 0 unspecified atom stereocenters. The van der Waals surface area contributed by atoms with E-state index in [1.54, 1.807) is 24.3 Å². The number of hydrogen-bond donors (Lipinski definition) is 2. The predicted molar refractivity (Wildman–Crippen MR) is 104 cm³/mol. The second-order valence-electron chi connectivity index (χ2n) is 5.98. The van der Waals surface area contributed by atoms with Crippen LogP contribution in [-0.4, -0.2) is 21.0 Å². The Morgan fingerprint density at radius 2 is 1.75 bits per heavy atom. The number of non-ortho nitro benzene ring substituents is 1. The summed E-state index contributed by atoms with van der Waals surface area (Å²) in [6.07, 6.45) is 1.44. The van der Waals surface area contributed by atoms with E-state index in [9.17, 15) is 14.9 Å². The van der Waals surface area contributed by atoms with E-state index in [4.69, 9.17) is 4.74 Å². The lowest BCUT2D eigenvalue weighted by Crippen LogP contribution is -2.13. The molecule has 4 aromatic rings. The van der Waals surface area contributed by atoms with Crippen molar-refractivity contribution in [3.8, 4) is 11.5 Å². The van der Waals surface area contributed by atoms with E-state index in [1.165, 1.54) is 18.3 Å². The molecule has 0 atom stereocenters. The fourth-order valence-electron chi connectivity index (χ4n) is 2.76. The largest absolute Gasteiger partial charge is 0.457 e. The van der Waals surface area contributed by atoms with Crippen molar-refractivity contribution in [2.45, 2.75) is 0 Å². The zero-order valence-electron chi connectivity index (χ0n) is 14.5. The molecule has 4 rings (SSSR count). The van der Waals surface area contributed by atoms with E-state index < -0.39 is 10.8 Å². The first-order valence-corrected chi connectivity index (χ1v) is 8.36. The molecule has 0 saturated heterocycles. The number of para-hydroxylation sites is 1. The van der Waals surface area contributed by atoms with Gasteiger partial charge in [0, 0.05) is 23.2 Å². The number of ether oxygens (including phenoxy) is 1. The summed E-state index contributed by atoms with van der Waals surface area (Å²) in [4.78, 5) is 23.2. The van der Waals surface area contributed by atoms with Crippen LogP contribution in [0.15, 0.2) is 72.9 Å². The monoisotopic (exact) mass is 374 g/mol. The molecule has 0 radical (unpaired) electrons. The Bertz CT molecular complexity index is 1150. The van der Waals surface area contributed by atoms with E-state index in [0.29, 0.717) is 28.1 Å².